The monoisotopic (exact) mass is 830 g/mol. The van der Waals surface area contributed by atoms with Gasteiger partial charge in [0.1, 0.15) is 58.1 Å². The molecule has 1 fully saturated rings. The van der Waals surface area contributed by atoms with Crippen LogP contribution in [0, 0.1) is 17.8 Å². The van der Waals surface area contributed by atoms with Gasteiger partial charge in [-0.3, -0.25) is 10.1 Å². The van der Waals surface area contributed by atoms with Crippen LogP contribution in [0.1, 0.15) is 99.6 Å². The lowest BCUT2D eigenvalue weighted by atomic mass is 9.67. The Morgan fingerprint density at radius 2 is 1.95 bits per heavy atom. The number of aliphatic hydroxyl groups excluding tert-OH is 1. The summed E-state index contributed by atoms with van der Waals surface area (Å²) in [4.78, 5) is 28.7. The smallest absolute Gasteiger partial charge is 0.334 e. The number of ether oxygens (including phenoxy) is 2. The van der Waals surface area contributed by atoms with Crippen molar-refractivity contribution in [2.45, 2.75) is 115 Å². The molecule has 9 rings (SSSR count). The fraction of sp³-hybridized carbons (Fsp3) is 0.469. The van der Waals surface area contributed by atoms with E-state index >= 15 is 0 Å². The summed E-state index contributed by atoms with van der Waals surface area (Å²) in [5, 5.41) is 43.9. The van der Waals surface area contributed by atoms with Crippen LogP contribution in [0.15, 0.2) is 92.1 Å². The van der Waals surface area contributed by atoms with E-state index in [0.29, 0.717) is 60.5 Å². The molecule has 0 amide bonds. The largest absolute Gasteiger partial charge is 0.508 e. The Kier molecular flexibility index (Phi) is 11.0. The van der Waals surface area contributed by atoms with Gasteiger partial charge in [0.25, 0.3) is 0 Å². The molecule has 6 aliphatic rings. The van der Waals surface area contributed by atoms with Gasteiger partial charge in [-0.2, -0.15) is 0 Å². The van der Waals surface area contributed by atoms with E-state index in [1.165, 1.54) is 6.07 Å². The van der Waals surface area contributed by atoms with Crippen molar-refractivity contribution in [2.24, 2.45) is 23.5 Å². The Balaban J connectivity index is 1.32. The summed E-state index contributed by atoms with van der Waals surface area (Å²) >= 11 is 0. The normalized spacial score (nSPS) is 27.3. The summed E-state index contributed by atoms with van der Waals surface area (Å²) in [5.41, 5.74) is 12.1. The van der Waals surface area contributed by atoms with Crippen molar-refractivity contribution in [3.63, 3.8) is 0 Å². The zero-order valence-electron chi connectivity index (χ0n) is 35.3. The first kappa shape index (κ1) is 40.9. The van der Waals surface area contributed by atoms with Crippen LogP contribution in [0.25, 0.3) is 11.0 Å². The van der Waals surface area contributed by atoms with Crippen molar-refractivity contribution < 1.29 is 34.0 Å². The van der Waals surface area contributed by atoms with E-state index in [1.54, 1.807) is 6.07 Å². The molecular weight excluding hydrogens is 773 g/mol. The minimum Gasteiger partial charge on any atom is -0.508 e. The fourth-order valence-corrected chi connectivity index (χ4v) is 11.2. The highest BCUT2D eigenvalue weighted by molar-refractivity contribution is 5.92. The third-order valence-electron chi connectivity index (χ3n) is 14.3. The summed E-state index contributed by atoms with van der Waals surface area (Å²) in [5.74, 6) is -0.354. The number of carbonyl (C=O) groups excluding carboxylic acids is 1. The minimum atomic E-state index is -1.17. The number of phenolic OH excluding ortho intramolecular Hbond substituents is 2. The molecule has 1 unspecified atom stereocenters. The molecule has 12 nitrogen and oxygen atoms in total. The predicted molar refractivity (Wildman–Crippen MR) is 233 cm³/mol. The van der Waals surface area contributed by atoms with Crippen molar-refractivity contribution in [1.82, 2.24) is 16.0 Å². The highest BCUT2D eigenvalue weighted by Gasteiger charge is 2.54. The van der Waals surface area contributed by atoms with Gasteiger partial charge >= 0.3 is 5.97 Å². The first-order valence-electron chi connectivity index (χ1n) is 22.1. The van der Waals surface area contributed by atoms with E-state index < -0.39 is 29.7 Å². The van der Waals surface area contributed by atoms with Crippen LogP contribution in [-0.2, 0) is 35.4 Å². The molecule has 12 heteroatoms. The Hall–Kier alpha value is -5.46. The molecule has 3 aromatic rings. The number of aliphatic hydroxyl groups is 1. The molecule has 4 aliphatic heterocycles. The Labute approximate surface area is 356 Å². The van der Waals surface area contributed by atoms with Crippen LogP contribution in [0.4, 0.5) is 0 Å². The van der Waals surface area contributed by atoms with Gasteiger partial charge in [0.05, 0.1) is 6.17 Å². The second-order valence-electron chi connectivity index (χ2n) is 17.8. The molecule has 322 valence electrons. The van der Waals surface area contributed by atoms with E-state index in [0.717, 1.165) is 66.5 Å². The number of benzene rings is 2. The highest BCUT2D eigenvalue weighted by atomic mass is 16.6. The third kappa shape index (κ3) is 7.31. The van der Waals surface area contributed by atoms with Gasteiger partial charge in [0.15, 0.2) is 5.43 Å². The SMILES string of the molecule is C/C=C(\C(=O)O[C@@H]1Cc2c3c(c4oc(CO)cc(=O)c4c2O)[C@H]2Cc4cc(O)ccc4CC[C@H](C[C@H](CC4=CNC(NCC)C=C4)[C@]1(C)O3)C1=C(N)NCC=C12)C1CCCC1. The number of rotatable bonds is 8. The van der Waals surface area contributed by atoms with Crippen LogP contribution < -0.4 is 31.8 Å². The van der Waals surface area contributed by atoms with Crippen molar-refractivity contribution >= 4 is 16.9 Å². The van der Waals surface area contributed by atoms with Crippen LogP contribution in [0.5, 0.6) is 17.2 Å². The molecule has 8 N–H and O–H groups in total. The molecule has 5 heterocycles. The highest BCUT2D eigenvalue weighted by Crippen LogP contribution is 2.57. The minimum absolute atomic E-state index is 0.0104. The average Bonchev–Trinajstić information content (AvgIpc) is 3.79. The standard InChI is InChI=1S/C49H58N4O8/c1-4-34(28-8-6-7-9-28)48(58)60-39-23-37-44(57)43-38(56)22-33(25-54)59-46(43)42-36-21-30-20-32(55)14-13-27(30)11-12-29(41-35(36)16-17-52-47(41)50)19-31(49(39,3)61-45(37)42)18-26-10-15-40(51-5-2)53-24-26/h4,10,13-16,20,22,24,28-29,31,36,39-40,51-55,57H,5-9,11-12,17-19,21,23,25,50H2,1-3H3/b34-4-/t29-,31+,36+,39-,40?,49+/m1/s1. The van der Waals surface area contributed by atoms with Crippen LogP contribution in [0.3, 0.4) is 0 Å². The topological polar surface area (TPSA) is 189 Å². The third-order valence-corrected chi connectivity index (χ3v) is 14.3. The van der Waals surface area contributed by atoms with E-state index in [2.05, 4.69) is 41.1 Å². The first-order valence-corrected chi connectivity index (χ1v) is 22.1. The fourth-order valence-electron chi connectivity index (χ4n) is 11.2. The molecule has 2 aliphatic carbocycles. The molecule has 6 atom stereocenters. The second-order valence-corrected chi connectivity index (χ2v) is 17.8. The number of hydrogen-bond acceptors (Lipinski definition) is 12. The summed E-state index contributed by atoms with van der Waals surface area (Å²) in [7, 11) is 0. The zero-order valence-corrected chi connectivity index (χ0v) is 35.3. The average molecular weight is 831 g/mol. The number of aromatic hydroxyl groups is 2. The lowest BCUT2D eigenvalue weighted by Gasteiger charge is -2.49. The van der Waals surface area contributed by atoms with Gasteiger partial charge in [0.2, 0.25) is 0 Å². The molecule has 1 aromatic heterocycles. The molecule has 4 bridgehead atoms. The summed E-state index contributed by atoms with van der Waals surface area (Å²) in [6, 6.07) is 6.73. The van der Waals surface area contributed by atoms with Crippen molar-refractivity contribution in [2.75, 3.05) is 13.1 Å². The number of allylic oxidation sites excluding steroid dienone is 5. The molecule has 0 saturated heterocycles. The van der Waals surface area contributed by atoms with E-state index in [-0.39, 0.29) is 64.5 Å². The molecular formula is C49H58N4O8. The van der Waals surface area contributed by atoms with E-state index in [4.69, 9.17) is 19.6 Å². The van der Waals surface area contributed by atoms with Gasteiger partial charge in [-0.15, -0.1) is 0 Å². The number of aryl methyl sites for hydroxylation is 1. The maximum absolute atomic E-state index is 14.5. The molecule has 0 spiro atoms. The summed E-state index contributed by atoms with van der Waals surface area (Å²) in [6.45, 7) is 6.73. The Bertz CT molecular complexity index is 2470. The van der Waals surface area contributed by atoms with Gasteiger partial charge in [0, 0.05) is 53.8 Å². The number of esters is 1. The maximum atomic E-state index is 14.5. The lowest BCUT2D eigenvalue weighted by Crippen LogP contribution is -2.57. The van der Waals surface area contributed by atoms with Gasteiger partial charge in [-0.25, -0.2) is 4.79 Å². The predicted octanol–water partition coefficient (Wildman–Crippen LogP) is 6.42. The van der Waals surface area contributed by atoms with E-state index in [1.807, 2.05) is 38.3 Å². The first-order chi connectivity index (χ1) is 29.5. The number of nitrogens with one attached hydrogen (secondary N) is 3. The number of dihydropyridines is 2. The van der Waals surface area contributed by atoms with Gasteiger partial charge in [-0.05, 0) is 123 Å². The number of nitrogens with two attached hydrogens (primary N) is 1. The van der Waals surface area contributed by atoms with Crippen LogP contribution in [0.2, 0.25) is 0 Å². The van der Waals surface area contributed by atoms with Crippen molar-refractivity contribution in [3.05, 3.63) is 121 Å². The van der Waals surface area contributed by atoms with Crippen molar-refractivity contribution in [1.29, 1.82) is 0 Å². The molecule has 0 radical (unpaired) electrons. The van der Waals surface area contributed by atoms with Crippen LogP contribution >= 0.6 is 0 Å². The number of phenols is 2. The zero-order chi connectivity index (χ0) is 42.6. The number of fused-ring (bicyclic) bond motifs is 5. The molecule has 2 aromatic carbocycles. The second kappa shape index (κ2) is 16.4. The van der Waals surface area contributed by atoms with E-state index in [9.17, 15) is 24.9 Å². The summed E-state index contributed by atoms with van der Waals surface area (Å²) < 4.78 is 20.8. The molecule has 1 saturated carbocycles. The number of carbonyl (C=O) groups is 1. The quantitative estimate of drug-likeness (QED) is 0.0978. The number of likely N-dealkylation sites (N-methyl/N-ethyl adjacent to an activating group) is 1. The van der Waals surface area contributed by atoms with Crippen LogP contribution in [-0.4, -0.2) is 52.2 Å². The van der Waals surface area contributed by atoms with Gasteiger partial charge in [-0.1, -0.05) is 44.1 Å². The Morgan fingerprint density at radius 3 is 2.69 bits per heavy atom. The molecule has 61 heavy (non-hydrogen) atoms. The maximum Gasteiger partial charge on any atom is 0.334 e. The van der Waals surface area contributed by atoms with Gasteiger partial charge < -0.3 is 45.6 Å². The number of hydrogen-bond donors (Lipinski definition) is 7. The summed E-state index contributed by atoms with van der Waals surface area (Å²) in [6.07, 6.45) is 16.5. The lowest BCUT2D eigenvalue weighted by molar-refractivity contribution is -0.166. The Morgan fingerprint density at radius 1 is 1.13 bits per heavy atom. The van der Waals surface area contributed by atoms with Crippen molar-refractivity contribution in [3.8, 4) is 17.2 Å².